The summed E-state index contributed by atoms with van der Waals surface area (Å²) in [7, 11) is 0. The Morgan fingerprint density at radius 3 is 2.65 bits per heavy atom. The van der Waals surface area contributed by atoms with E-state index in [2.05, 4.69) is 10.9 Å². The van der Waals surface area contributed by atoms with Crippen LogP contribution in [-0.4, -0.2) is 30.3 Å². The number of ether oxygens (including phenoxy) is 2. The summed E-state index contributed by atoms with van der Waals surface area (Å²) in [6.45, 7) is 0.00819. The molecule has 2 N–H and O–H groups in total. The number of halogens is 2. The predicted octanol–water partition coefficient (Wildman–Crippen LogP) is 2.04. The number of benzene rings is 2. The van der Waals surface area contributed by atoms with Crippen molar-refractivity contribution in [3.05, 3.63) is 54.1 Å². The van der Waals surface area contributed by atoms with Gasteiger partial charge < -0.3 is 9.47 Å². The second-order valence-electron chi connectivity index (χ2n) is 5.27. The summed E-state index contributed by atoms with van der Waals surface area (Å²) in [4.78, 5) is 23.9. The minimum Gasteiger partial charge on any atom is -0.485 e. The highest BCUT2D eigenvalue weighted by molar-refractivity contribution is 8.00. The van der Waals surface area contributed by atoms with Gasteiger partial charge in [-0.1, -0.05) is 12.1 Å². The Hall–Kier alpha value is -2.81. The van der Waals surface area contributed by atoms with Crippen molar-refractivity contribution in [2.45, 2.75) is 11.0 Å². The number of hydrogen-bond acceptors (Lipinski definition) is 5. The van der Waals surface area contributed by atoms with Crippen molar-refractivity contribution in [2.75, 3.05) is 12.4 Å². The SMILES string of the molecule is O=C(CSc1ccc(F)cc1F)NNC(=O)[C@@H]1COc2ccccc2O1. The van der Waals surface area contributed by atoms with Crippen molar-refractivity contribution in [3.63, 3.8) is 0 Å². The molecule has 0 unspecified atom stereocenters. The number of thioether (sulfide) groups is 1. The minimum atomic E-state index is -0.910. The molecule has 0 aromatic heterocycles. The Labute approximate surface area is 151 Å². The van der Waals surface area contributed by atoms with Gasteiger partial charge >= 0.3 is 0 Å². The number of carbonyl (C=O) groups excluding carboxylic acids is 2. The Morgan fingerprint density at radius 1 is 1.12 bits per heavy atom. The Morgan fingerprint density at radius 2 is 1.88 bits per heavy atom. The Bertz CT molecular complexity index is 834. The third kappa shape index (κ3) is 4.42. The Kier molecular flexibility index (Phi) is 5.57. The number of fused-ring (bicyclic) bond motifs is 1. The molecule has 1 aliphatic rings. The van der Waals surface area contributed by atoms with Crippen molar-refractivity contribution in [1.82, 2.24) is 10.9 Å². The molecule has 2 aromatic rings. The molecule has 2 amide bonds. The van der Waals surface area contributed by atoms with Crippen molar-refractivity contribution in [3.8, 4) is 11.5 Å². The maximum Gasteiger partial charge on any atom is 0.283 e. The predicted molar refractivity (Wildman–Crippen MR) is 89.7 cm³/mol. The largest absolute Gasteiger partial charge is 0.485 e. The van der Waals surface area contributed by atoms with Crippen LogP contribution in [0.5, 0.6) is 11.5 Å². The van der Waals surface area contributed by atoms with Gasteiger partial charge in [0.1, 0.15) is 18.2 Å². The van der Waals surface area contributed by atoms with Gasteiger partial charge in [-0.3, -0.25) is 20.4 Å². The van der Waals surface area contributed by atoms with Crippen molar-refractivity contribution < 1.29 is 27.8 Å². The lowest BCUT2D eigenvalue weighted by molar-refractivity contribution is -0.134. The molecular formula is C17H14F2N2O4S. The van der Waals surface area contributed by atoms with Crippen molar-refractivity contribution in [2.24, 2.45) is 0 Å². The Balaban J connectivity index is 1.45. The van der Waals surface area contributed by atoms with Crippen LogP contribution in [0, 0.1) is 11.6 Å². The van der Waals surface area contributed by atoms with Gasteiger partial charge in [-0.15, -0.1) is 11.8 Å². The number of carbonyl (C=O) groups is 2. The number of rotatable bonds is 4. The zero-order valence-electron chi connectivity index (χ0n) is 13.3. The maximum atomic E-state index is 13.5. The van der Waals surface area contributed by atoms with Gasteiger partial charge in [-0.05, 0) is 24.3 Å². The summed E-state index contributed by atoms with van der Waals surface area (Å²) >= 11 is 0.881. The lowest BCUT2D eigenvalue weighted by atomic mass is 10.2. The highest BCUT2D eigenvalue weighted by atomic mass is 32.2. The van der Waals surface area contributed by atoms with Crippen LogP contribution in [0.3, 0.4) is 0 Å². The molecule has 0 fully saturated rings. The average Bonchev–Trinajstić information content (AvgIpc) is 2.65. The van der Waals surface area contributed by atoms with E-state index in [1.165, 1.54) is 6.07 Å². The second kappa shape index (κ2) is 8.05. The fraction of sp³-hybridized carbons (Fsp3) is 0.176. The number of amides is 2. The van der Waals surface area contributed by atoms with E-state index in [0.717, 1.165) is 23.9 Å². The lowest BCUT2D eigenvalue weighted by Gasteiger charge is -2.25. The third-order valence-electron chi connectivity index (χ3n) is 3.38. The smallest absolute Gasteiger partial charge is 0.283 e. The standard InChI is InChI=1S/C17H14F2N2O4S/c18-10-5-6-15(11(19)7-10)26-9-16(22)20-21-17(23)14-8-24-12-3-1-2-4-13(12)25-14/h1-7,14H,8-9H2,(H,20,22)(H,21,23)/t14-/m0/s1. The summed E-state index contributed by atoms with van der Waals surface area (Å²) in [5.74, 6) is -1.76. The van der Waals surface area contributed by atoms with Gasteiger partial charge in [0.2, 0.25) is 12.0 Å². The van der Waals surface area contributed by atoms with Crippen molar-refractivity contribution >= 4 is 23.6 Å². The molecule has 0 spiro atoms. The highest BCUT2D eigenvalue weighted by Crippen LogP contribution is 2.30. The highest BCUT2D eigenvalue weighted by Gasteiger charge is 2.27. The molecule has 1 atom stereocenters. The van der Waals surface area contributed by atoms with E-state index in [9.17, 15) is 18.4 Å². The number of hydrogen-bond donors (Lipinski definition) is 2. The topological polar surface area (TPSA) is 76.7 Å². The first-order valence-corrected chi connectivity index (χ1v) is 8.56. The van der Waals surface area contributed by atoms with Crippen LogP contribution in [0.1, 0.15) is 0 Å². The summed E-state index contributed by atoms with van der Waals surface area (Å²) in [5, 5.41) is 0. The number of para-hydroxylation sites is 2. The van der Waals surface area contributed by atoms with E-state index < -0.39 is 29.6 Å². The normalized spacial score (nSPS) is 15.2. The molecule has 9 heteroatoms. The average molecular weight is 380 g/mol. The van der Waals surface area contributed by atoms with E-state index in [0.29, 0.717) is 11.5 Å². The fourth-order valence-corrected chi connectivity index (χ4v) is 2.85. The molecule has 1 heterocycles. The summed E-state index contributed by atoms with van der Waals surface area (Å²) in [6, 6.07) is 9.99. The molecule has 0 bridgehead atoms. The molecule has 0 saturated carbocycles. The van der Waals surface area contributed by atoms with Crippen LogP contribution in [0.2, 0.25) is 0 Å². The molecule has 0 saturated heterocycles. The quantitative estimate of drug-likeness (QED) is 0.627. The zero-order valence-corrected chi connectivity index (χ0v) is 14.1. The van der Waals surface area contributed by atoms with Gasteiger partial charge in [-0.25, -0.2) is 8.78 Å². The van der Waals surface area contributed by atoms with E-state index in [1.807, 2.05) is 0 Å². The molecule has 3 rings (SSSR count). The first kappa shape index (κ1) is 18.0. The second-order valence-corrected chi connectivity index (χ2v) is 6.28. The third-order valence-corrected chi connectivity index (χ3v) is 4.43. The van der Waals surface area contributed by atoms with E-state index in [-0.39, 0.29) is 17.3 Å². The van der Waals surface area contributed by atoms with Crippen LogP contribution < -0.4 is 20.3 Å². The van der Waals surface area contributed by atoms with Gasteiger partial charge in [0.05, 0.1) is 5.75 Å². The monoisotopic (exact) mass is 380 g/mol. The molecule has 1 aliphatic heterocycles. The van der Waals surface area contributed by atoms with Gasteiger partial charge in [0, 0.05) is 11.0 Å². The number of hydrazine groups is 1. The van der Waals surface area contributed by atoms with Gasteiger partial charge in [0.25, 0.3) is 5.91 Å². The van der Waals surface area contributed by atoms with Crippen molar-refractivity contribution in [1.29, 1.82) is 0 Å². The van der Waals surface area contributed by atoms with Crippen LogP contribution in [0.4, 0.5) is 8.78 Å². The summed E-state index contributed by atoms with van der Waals surface area (Å²) in [6.07, 6.45) is -0.910. The molecule has 0 radical (unpaired) electrons. The van der Waals surface area contributed by atoms with Crippen LogP contribution >= 0.6 is 11.8 Å². The molecule has 136 valence electrons. The minimum absolute atomic E-state index is 0.00819. The lowest BCUT2D eigenvalue weighted by Crippen LogP contribution is -2.51. The molecule has 2 aromatic carbocycles. The summed E-state index contributed by atoms with van der Waals surface area (Å²) < 4.78 is 37.2. The molecular weight excluding hydrogens is 366 g/mol. The van der Waals surface area contributed by atoms with Crippen LogP contribution in [-0.2, 0) is 9.59 Å². The van der Waals surface area contributed by atoms with Crippen LogP contribution in [0.25, 0.3) is 0 Å². The first-order valence-electron chi connectivity index (χ1n) is 7.58. The summed E-state index contributed by atoms with van der Waals surface area (Å²) in [5.41, 5.74) is 4.45. The molecule has 26 heavy (non-hydrogen) atoms. The first-order chi connectivity index (χ1) is 12.5. The maximum absolute atomic E-state index is 13.5. The van der Waals surface area contributed by atoms with E-state index in [4.69, 9.17) is 9.47 Å². The van der Waals surface area contributed by atoms with Gasteiger partial charge in [-0.2, -0.15) is 0 Å². The fourth-order valence-electron chi connectivity index (χ4n) is 2.13. The molecule has 0 aliphatic carbocycles. The van der Waals surface area contributed by atoms with E-state index in [1.54, 1.807) is 24.3 Å². The molecule has 6 nitrogen and oxygen atoms in total. The zero-order chi connectivity index (χ0) is 18.5. The van der Waals surface area contributed by atoms with Crippen LogP contribution in [0.15, 0.2) is 47.4 Å². The van der Waals surface area contributed by atoms with Gasteiger partial charge in [0.15, 0.2) is 11.5 Å². The number of nitrogens with one attached hydrogen (secondary N) is 2. The van der Waals surface area contributed by atoms with E-state index >= 15 is 0 Å².